The highest BCUT2D eigenvalue weighted by Gasteiger charge is 2.11. The summed E-state index contributed by atoms with van der Waals surface area (Å²) in [5.74, 6) is 1.26. The second-order valence-electron chi connectivity index (χ2n) is 6.25. The van der Waals surface area contributed by atoms with Crippen molar-refractivity contribution in [2.24, 2.45) is 5.92 Å². The first-order valence-electron chi connectivity index (χ1n) is 7.79. The standard InChI is InChI=1S/C20H25Br/c1-15(2)19-10-8-17(9-11-19)12-18(14-21)13-20-7-5-4-6-16(20)3/h4-11,15,18H,12-14H2,1-3H3. The monoisotopic (exact) mass is 344 g/mol. The van der Waals surface area contributed by atoms with Gasteiger partial charge in [-0.1, -0.05) is 78.3 Å². The summed E-state index contributed by atoms with van der Waals surface area (Å²) in [6.07, 6.45) is 2.28. The maximum absolute atomic E-state index is 3.69. The van der Waals surface area contributed by atoms with Gasteiger partial charge >= 0.3 is 0 Å². The lowest BCUT2D eigenvalue weighted by molar-refractivity contribution is 0.589. The van der Waals surface area contributed by atoms with E-state index in [4.69, 9.17) is 0 Å². The summed E-state index contributed by atoms with van der Waals surface area (Å²) in [6, 6.07) is 17.9. The molecule has 0 N–H and O–H groups in total. The second kappa shape index (κ2) is 7.79. The first-order chi connectivity index (χ1) is 10.1. The molecular formula is C20H25Br. The van der Waals surface area contributed by atoms with Crippen molar-refractivity contribution in [3.8, 4) is 0 Å². The van der Waals surface area contributed by atoms with Crippen molar-refractivity contribution in [1.29, 1.82) is 0 Å². The number of halogens is 1. The predicted molar refractivity (Wildman–Crippen MR) is 96.4 cm³/mol. The summed E-state index contributed by atoms with van der Waals surface area (Å²) in [5, 5.41) is 1.05. The number of rotatable bonds is 6. The molecule has 21 heavy (non-hydrogen) atoms. The van der Waals surface area contributed by atoms with Gasteiger partial charge in [-0.3, -0.25) is 0 Å². The van der Waals surface area contributed by atoms with Crippen LogP contribution in [0.5, 0.6) is 0 Å². The van der Waals surface area contributed by atoms with Crippen LogP contribution in [0.25, 0.3) is 0 Å². The predicted octanol–water partition coefficient (Wildman–Crippen LogP) is 5.91. The van der Waals surface area contributed by atoms with Gasteiger partial charge in [0.1, 0.15) is 0 Å². The molecule has 1 heteroatoms. The number of alkyl halides is 1. The van der Waals surface area contributed by atoms with Crippen molar-refractivity contribution in [2.75, 3.05) is 5.33 Å². The number of hydrogen-bond acceptors (Lipinski definition) is 0. The summed E-state index contributed by atoms with van der Waals surface area (Å²) in [6.45, 7) is 6.70. The molecule has 0 spiro atoms. The van der Waals surface area contributed by atoms with Crippen molar-refractivity contribution < 1.29 is 0 Å². The van der Waals surface area contributed by atoms with Gasteiger partial charge in [0.25, 0.3) is 0 Å². The maximum Gasteiger partial charge on any atom is 0.00660 e. The minimum Gasteiger partial charge on any atom is -0.0925 e. The third-order valence-electron chi connectivity index (χ3n) is 4.16. The Hall–Kier alpha value is -1.08. The minimum absolute atomic E-state index is 0.609. The Kier molecular flexibility index (Phi) is 6.05. The van der Waals surface area contributed by atoms with Gasteiger partial charge in [-0.25, -0.2) is 0 Å². The highest BCUT2D eigenvalue weighted by Crippen LogP contribution is 2.21. The topological polar surface area (TPSA) is 0 Å². The summed E-state index contributed by atoms with van der Waals surface area (Å²) < 4.78 is 0. The fourth-order valence-electron chi connectivity index (χ4n) is 2.70. The van der Waals surface area contributed by atoms with Crippen molar-refractivity contribution in [3.63, 3.8) is 0 Å². The quantitative estimate of drug-likeness (QED) is 0.571. The summed E-state index contributed by atoms with van der Waals surface area (Å²) in [7, 11) is 0. The van der Waals surface area contributed by atoms with Crippen molar-refractivity contribution in [2.45, 2.75) is 39.5 Å². The summed E-state index contributed by atoms with van der Waals surface area (Å²) in [4.78, 5) is 0. The highest BCUT2D eigenvalue weighted by molar-refractivity contribution is 9.09. The lowest BCUT2D eigenvalue weighted by Gasteiger charge is -2.16. The van der Waals surface area contributed by atoms with Crippen LogP contribution in [0.1, 0.15) is 42.0 Å². The van der Waals surface area contributed by atoms with E-state index in [1.165, 1.54) is 22.3 Å². The first-order valence-corrected chi connectivity index (χ1v) is 8.91. The maximum atomic E-state index is 3.69. The number of benzene rings is 2. The third kappa shape index (κ3) is 4.71. The van der Waals surface area contributed by atoms with E-state index in [1.807, 2.05) is 0 Å². The molecule has 0 aliphatic carbocycles. The molecule has 0 aromatic heterocycles. The Balaban J connectivity index is 2.03. The Morgan fingerprint density at radius 1 is 0.905 bits per heavy atom. The molecule has 2 aromatic carbocycles. The van der Waals surface area contributed by atoms with E-state index in [9.17, 15) is 0 Å². The van der Waals surface area contributed by atoms with Crippen LogP contribution in [-0.2, 0) is 12.8 Å². The molecule has 2 aromatic rings. The smallest absolute Gasteiger partial charge is 0.00660 e. The van der Waals surface area contributed by atoms with Gasteiger partial charge in [0.05, 0.1) is 0 Å². The molecule has 2 rings (SSSR count). The average molecular weight is 345 g/mol. The molecule has 1 unspecified atom stereocenters. The van der Waals surface area contributed by atoms with Crippen LogP contribution >= 0.6 is 15.9 Å². The third-order valence-corrected chi connectivity index (χ3v) is 5.07. The van der Waals surface area contributed by atoms with Crippen LogP contribution in [0.4, 0.5) is 0 Å². The van der Waals surface area contributed by atoms with Gasteiger partial charge in [-0.05, 0) is 53.9 Å². The minimum atomic E-state index is 0.609. The van der Waals surface area contributed by atoms with E-state index in [2.05, 4.69) is 85.2 Å². The van der Waals surface area contributed by atoms with E-state index >= 15 is 0 Å². The molecule has 0 fully saturated rings. The zero-order valence-electron chi connectivity index (χ0n) is 13.3. The van der Waals surface area contributed by atoms with Crippen LogP contribution in [0.3, 0.4) is 0 Å². The molecule has 0 saturated carbocycles. The van der Waals surface area contributed by atoms with Gasteiger partial charge in [0.2, 0.25) is 0 Å². The Morgan fingerprint density at radius 2 is 1.57 bits per heavy atom. The largest absolute Gasteiger partial charge is 0.0925 e. The Labute approximate surface area is 137 Å². The number of aryl methyl sites for hydroxylation is 1. The van der Waals surface area contributed by atoms with E-state index in [0.29, 0.717) is 11.8 Å². The van der Waals surface area contributed by atoms with Crippen molar-refractivity contribution >= 4 is 15.9 Å². The number of hydrogen-bond donors (Lipinski definition) is 0. The molecule has 1 atom stereocenters. The molecule has 0 aliphatic rings. The molecule has 0 aliphatic heterocycles. The molecule has 0 nitrogen and oxygen atoms in total. The molecule has 0 saturated heterocycles. The van der Waals surface area contributed by atoms with Crippen molar-refractivity contribution in [1.82, 2.24) is 0 Å². The first kappa shape index (κ1) is 16.3. The van der Waals surface area contributed by atoms with E-state index < -0.39 is 0 Å². The summed E-state index contributed by atoms with van der Waals surface area (Å²) >= 11 is 3.69. The Morgan fingerprint density at radius 3 is 2.14 bits per heavy atom. The molecular weight excluding hydrogens is 320 g/mol. The fraction of sp³-hybridized carbons (Fsp3) is 0.400. The molecule has 0 amide bonds. The van der Waals surface area contributed by atoms with Crippen LogP contribution in [0, 0.1) is 12.8 Å². The van der Waals surface area contributed by atoms with E-state index in [1.54, 1.807) is 0 Å². The lowest BCUT2D eigenvalue weighted by Crippen LogP contribution is -2.10. The highest BCUT2D eigenvalue weighted by atomic mass is 79.9. The zero-order chi connectivity index (χ0) is 15.2. The Bertz CT molecular complexity index is 554. The lowest BCUT2D eigenvalue weighted by atomic mass is 9.91. The molecule has 0 bridgehead atoms. The van der Waals surface area contributed by atoms with Gasteiger partial charge in [-0.15, -0.1) is 0 Å². The van der Waals surface area contributed by atoms with Crippen LogP contribution < -0.4 is 0 Å². The van der Waals surface area contributed by atoms with Crippen LogP contribution in [0.15, 0.2) is 48.5 Å². The summed E-state index contributed by atoms with van der Waals surface area (Å²) in [5.41, 5.74) is 5.74. The molecule has 112 valence electrons. The SMILES string of the molecule is Cc1ccccc1CC(CBr)Cc1ccc(C(C)C)cc1. The van der Waals surface area contributed by atoms with Gasteiger partial charge < -0.3 is 0 Å². The van der Waals surface area contributed by atoms with Crippen molar-refractivity contribution in [3.05, 3.63) is 70.8 Å². The van der Waals surface area contributed by atoms with Gasteiger partial charge in [0, 0.05) is 5.33 Å². The van der Waals surface area contributed by atoms with E-state index in [-0.39, 0.29) is 0 Å². The van der Waals surface area contributed by atoms with E-state index in [0.717, 1.165) is 18.2 Å². The van der Waals surface area contributed by atoms with Crippen LogP contribution in [-0.4, -0.2) is 5.33 Å². The molecule has 0 heterocycles. The average Bonchev–Trinajstić information content (AvgIpc) is 2.49. The normalized spacial score (nSPS) is 12.6. The van der Waals surface area contributed by atoms with Gasteiger partial charge in [-0.2, -0.15) is 0 Å². The van der Waals surface area contributed by atoms with Gasteiger partial charge in [0.15, 0.2) is 0 Å². The molecule has 0 radical (unpaired) electrons. The van der Waals surface area contributed by atoms with Crippen LogP contribution in [0.2, 0.25) is 0 Å². The zero-order valence-corrected chi connectivity index (χ0v) is 14.9. The second-order valence-corrected chi connectivity index (χ2v) is 6.90. The fourth-order valence-corrected chi connectivity index (χ4v) is 3.16.